The molecule has 1 aromatic carbocycles. The summed E-state index contributed by atoms with van der Waals surface area (Å²) in [6.45, 7) is 2.35. The third-order valence-corrected chi connectivity index (χ3v) is 1.89. The first-order valence-electron chi connectivity index (χ1n) is 4.73. The standard InChI is InChI=1S/C10H13BF2O/c1-2-3-4-14-10-8(12)5-7(11)6-9(10)13/h5-6H,2-4,11H2,1H3. The highest BCUT2D eigenvalue weighted by atomic mass is 19.1. The lowest BCUT2D eigenvalue weighted by molar-refractivity contribution is 0.279. The molecule has 0 atom stereocenters. The Morgan fingerprint density at radius 3 is 2.36 bits per heavy atom. The van der Waals surface area contributed by atoms with E-state index in [-0.39, 0.29) is 5.75 Å². The third kappa shape index (κ3) is 2.72. The average molecular weight is 198 g/mol. The highest BCUT2D eigenvalue weighted by molar-refractivity contribution is 6.32. The van der Waals surface area contributed by atoms with E-state index in [0.717, 1.165) is 12.8 Å². The Hall–Kier alpha value is -1.06. The van der Waals surface area contributed by atoms with Crippen LogP contribution in [0.15, 0.2) is 12.1 Å². The predicted molar refractivity (Wildman–Crippen MR) is 54.9 cm³/mol. The van der Waals surface area contributed by atoms with Crippen LogP contribution in [0.5, 0.6) is 5.75 Å². The number of rotatable bonds is 4. The van der Waals surface area contributed by atoms with E-state index in [4.69, 9.17) is 4.74 Å². The molecular weight excluding hydrogens is 185 g/mol. The van der Waals surface area contributed by atoms with E-state index >= 15 is 0 Å². The summed E-state index contributed by atoms with van der Waals surface area (Å²) in [5, 5.41) is 0. The Bertz CT molecular complexity index is 292. The minimum Gasteiger partial charge on any atom is -0.488 e. The van der Waals surface area contributed by atoms with Crippen LogP contribution in [-0.2, 0) is 0 Å². The second-order valence-corrected chi connectivity index (χ2v) is 3.26. The molecule has 0 saturated heterocycles. The van der Waals surface area contributed by atoms with E-state index in [2.05, 4.69) is 0 Å². The van der Waals surface area contributed by atoms with Crippen molar-refractivity contribution in [2.24, 2.45) is 0 Å². The van der Waals surface area contributed by atoms with Gasteiger partial charge in [0.1, 0.15) is 7.85 Å². The molecule has 0 N–H and O–H groups in total. The first-order valence-corrected chi connectivity index (χ1v) is 4.73. The Labute approximate surface area is 83.5 Å². The molecule has 0 fully saturated rings. The van der Waals surface area contributed by atoms with Gasteiger partial charge >= 0.3 is 0 Å². The van der Waals surface area contributed by atoms with Gasteiger partial charge in [0.2, 0.25) is 0 Å². The van der Waals surface area contributed by atoms with Crippen molar-refractivity contribution < 1.29 is 13.5 Å². The second kappa shape index (κ2) is 4.98. The van der Waals surface area contributed by atoms with Crippen molar-refractivity contribution in [3.05, 3.63) is 23.8 Å². The lowest BCUT2D eigenvalue weighted by Crippen LogP contribution is -2.08. The average Bonchev–Trinajstić information content (AvgIpc) is 2.09. The molecular formula is C10H13BF2O. The molecule has 0 aromatic heterocycles. The number of hydrogen-bond acceptors (Lipinski definition) is 1. The maximum Gasteiger partial charge on any atom is 0.190 e. The lowest BCUT2D eigenvalue weighted by Gasteiger charge is -2.08. The molecule has 4 heteroatoms. The van der Waals surface area contributed by atoms with Crippen LogP contribution >= 0.6 is 0 Å². The summed E-state index contributed by atoms with van der Waals surface area (Å²) >= 11 is 0. The monoisotopic (exact) mass is 198 g/mol. The summed E-state index contributed by atoms with van der Waals surface area (Å²) < 4.78 is 31.4. The summed E-state index contributed by atoms with van der Waals surface area (Å²) in [4.78, 5) is 0. The summed E-state index contributed by atoms with van der Waals surface area (Å²) in [5.74, 6) is -1.51. The quantitative estimate of drug-likeness (QED) is 0.524. The van der Waals surface area contributed by atoms with Gasteiger partial charge in [-0.15, -0.1) is 0 Å². The van der Waals surface area contributed by atoms with Crippen LogP contribution in [0.4, 0.5) is 8.78 Å². The Morgan fingerprint density at radius 1 is 1.29 bits per heavy atom. The van der Waals surface area contributed by atoms with Crippen molar-refractivity contribution in [1.29, 1.82) is 0 Å². The Morgan fingerprint density at radius 2 is 1.86 bits per heavy atom. The van der Waals surface area contributed by atoms with Gasteiger partial charge in [0, 0.05) is 0 Å². The summed E-state index contributed by atoms with van der Waals surface area (Å²) in [5.41, 5.74) is 0.558. The molecule has 0 heterocycles. The van der Waals surface area contributed by atoms with E-state index in [1.807, 2.05) is 6.92 Å². The van der Waals surface area contributed by atoms with E-state index in [1.165, 1.54) is 12.1 Å². The van der Waals surface area contributed by atoms with Gasteiger partial charge in [-0.1, -0.05) is 18.8 Å². The molecule has 0 saturated carbocycles. The van der Waals surface area contributed by atoms with Gasteiger partial charge in [-0.05, 0) is 18.6 Å². The number of benzene rings is 1. The number of unbranched alkanes of at least 4 members (excludes halogenated alkanes) is 1. The zero-order valence-corrected chi connectivity index (χ0v) is 8.44. The van der Waals surface area contributed by atoms with Crippen molar-refractivity contribution in [2.75, 3.05) is 6.61 Å². The summed E-state index contributed by atoms with van der Waals surface area (Å²) in [6, 6.07) is 2.54. The van der Waals surface area contributed by atoms with Gasteiger partial charge in [0.05, 0.1) is 6.61 Å². The molecule has 0 spiro atoms. The fraction of sp³-hybridized carbons (Fsp3) is 0.400. The molecule has 0 aliphatic carbocycles. The molecule has 1 nitrogen and oxygen atoms in total. The largest absolute Gasteiger partial charge is 0.488 e. The van der Waals surface area contributed by atoms with Gasteiger partial charge in [0.25, 0.3) is 0 Å². The first kappa shape index (κ1) is 11.0. The second-order valence-electron chi connectivity index (χ2n) is 3.26. The molecule has 1 rings (SSSR count). The van der Waals surface area contributed by atoms with Crippen molar-refractivity contribution in [3.8, 4) is 5.75 Å². The number of hydrogen-bond donors (Lipinski definition) is 0. The van der Waals surface area contributed by atoms with Crippen LogP contribution in [0.2, 0.25) is 0 Å². The number of ether oxygens (including phenoxy) is 1. The minimum atomic E-state index is -0.626. The minimum absolute atomic E-state index is 0.260. The lowest BCUT2D eigenvalue weighted by atomic mass is 9.96. The van der Waals surface area contributed by atoms with Crippen LogP contribution in [0.25, 0.3) is 0 Å². The normalized spacial score (nSPS) is 10.2. The molecule has 0 bridgehead atoms. The van der Waals surface area contributed by atoms with E-state index in [0.29, 0.717) is 12.1 Å². The molecule has 76 valence electrons. The zero-order valence-electron chi connectivity index (χ0n) is 8.44. The van der Waals surface area contributed by atoms with Gasteiger partial charge in [-0.25, -0.2) is 8.78 Å². The van der Waals surface area contributed by atoms with Crippen LogP contribution in [0.1, 0.15) is 19.8 Å². The zero-order chi connectivity index (χ0) is 10.6. The van der Waals surface area contributed by atoms with Gasteiger partial charge < -0.3 is 4.74 Å². The van der Waals surface area contributed by atoms with Crippen molar-refractivity contribution in [1.82, 2.24) is 0 Å². The SMILES string of the molecule is Bc1cc(F)c(OCCCC)c(F)c1. The Kier molecular flexibility index (Phi) is 3.92. The van der Waals surface area contributed by atoms with E-state index in [1.54, 1.807) is 7.85 Å². The molecule has 0 amide bonds. The number of halogens is 2. The highest BCUT2D eigenvalue weighted by Crippen LogP contribution is 2.19. The fourth-order valence-corrected chi connectivity index (χ4v) is 1.14. The van der Waals surface area contributed by atoms with Gasteiger partial charge in [0.15, 0.2) is 17.4 Å². The van der Waals surface area contributed by atoms with Crippen LogP contribution in [-0.4, -0.2) is 14.5 Å². The summed E-state index contributed by atoms with van der Waals surface area (Å²) in [6.07, 6.45) is 1.74. The van der Waals surface area contributed by atoms with Crippen LogP contribution in [0.3, 0.4) is 0 Å². The fourth-order valence-electron chi connectivity index (χ4n) is 1.14. The smallest absolute Gasteiger partial charge is 0.190 e. The van der Waals surface area contributed by atoms with Crippen molar-refractivity contribution >= 4 is 13.3 Å². The van der Waals surface area contributed by atoms with Gasteiger partial charge in [-0.3, -0.25) is 0 Å². The topological polar surface area (TPSA) is 9.23 Å². The Balaban J connectivity index is 2.75. The van der Waals surface area contributed by atoms with E-state index in [9.17, 15) is 8.78 Å². The van der Waals surface area contributed by atoms with Crippen LogP contribution in [0, 0.1) is 11.6 Å². The van der Waals surface area contributed by atoms with Crippen molar-refractivity contribution in [2.45, 2.75) is 19.8 Å². The molecule has 0 radical (unpaired) electrons. The maximum absolute atomic E-state index is 13.2. The first-order chi connectivity index (χ1) is 6.65. The predicted octanol–water partition coefficient (Wildman–Crippen LogP) is 1.40. The molecule has 1 aromatic rings. The van der Waals surface area contributed by atoms with Gasteiger partial charge in [-0.2, -0.15) is 0 Å². The van der Waals surface area contributed by atoms with Crippen molar-refractivity contribution in [3.63, 3.8) is 0 Å². The maximum atomic E-state index is 13.2. The van der Waals surface area contributed by atoms with E-state index < -0.39 is 11.6 Å². The highest BCUT2D eigenvalue weighted by Gasteiger charge is 2.10. The molecule has 0 aliphatic rings. The molecule has 0 unspecified atom stereocenters. The summed E-state index contributed by atoms with van der Waals surface area (Å²) in [7, 11) is 1.64. The van der Waals surface area contributed by atoms with Crippen LogP contribution < -0.4 is 10.2 Å². The molecule has 14 heavy (non-hydrogen) atoms. The third-order valence-electron chi connectivity index (χ3n) is 1.89. The molecule has 0 aliphatic heterocycles.